The Morgan fingerprint density at radius 1 is 0.933 bits per heavy atom. The molecule has 322 valence electrons. The molecule has 2 unspecified atom stereocenters. The third-order valence-corrected chi connectivity index (χ3v) is 20.5. The van der Waals surface area contributed by atoms with Crippen LogP contribution in [-0.2, 0) is 4.74 Å². The van der Waals surface area contributed by atoms with Gasteiger partial charge >= 0.3 is 6.01 Å². The number of fused-ring (bicyclic) bond motifs is 5. The van der Waals surface area contributed by atoms with E-state index in [1.807, 2.05) is 12.1 Å². The highest BCUT2D eigenvalue weighted by molar-refractivity contribution is 6.90. The number of alkyl halides is 1. The van der Waals surface area contributed by atoms with E-state index in [0.717, 1.165) is 32.2 Å². The van der Waals surface area contributed by atoms with E-state index in [9.17, 15) is 9.50 Å². The summed E-state index contributed by atoms with van der Waals surface area (Å²) in [5.74, 6) is 3.31. The van der Waals surface area contributed by atoms with Gasteiger partial charge in [-0.25, -0.2) is 13.2 Å². The minimum Gasteiger partial charge on any atom is -0.468 e. The first-order valence-corrected chi connectivity index (χ1v) is 24.1. The van der Waals surface area contributed by atoms with E-state index in [1.165, 1.54) is 13.2 Å². The number of methoxy groups -OCH3 is 1. The van der Waals surface area contributed by atoms with Crippen LogP contribution in [0.3, 0.4) is 0 Å². The Labute approximate surface area is 353 Å². The molecule has 0 aliphatic carbocycles. The van der Waals surface area contributed by atoms with Gasteiger partial charge in [-0.3, -0.25) is 9.80 Å². The Balaban J connectivity index is 1.30. The van der Waals surface area contributed by atoms with Crippen LogP contribution in [0.5, 0.6) is 11.8 Å². The fourth-order valence-electron chi connectivity index (χ4n) is 11.5. The zero-order chi connectivity index (χ0) is 42.5. The summed E-state index contributed by atoms with van der Waals surface area (Å²) in [5.41, 5.74) is 5.19. The average Bonchev–Trinajstić information content (AvgIpc) is 3.81. The summed E-state index contributed by atoms with van der Waals surface area (Å²) in [7, 11) is -0.754. The number of aliphatic hydroxyl groups excluding tert-OH is 1. The molecule has 0 radical (unpaired) electrons. The maximum atomic E-state index is 17.8. The van der Waals surface area contributed by atoms with Crippen molar-refractivity contribution in [3.63, 3.8) is 0 Å². The van der Waals surface area contributed by atoms with Crippen molar-refractivity contribution in [1.82, 2.24) is 19.8 Å². The molecular formula is C47H60F3N5O4Si. The number of piperazine rings is 1. The number of anilines is 1. The number of nitrogens with zero attached hydrogens (tertiary/aromatic N) is 5. The maximum Gasteiger partial charge on any atom is 0.319 e. The van der Waals surface area contributed by atoms with Crippen molar-refractivity contribution in [2.45, 2.75) is 114 Å². The molecule has 13 heteroatoms. The van der Waals surface area contributed by atoms with Crippen molar-refractivity contribution in [2.75, 3.05) is 64.7 Å². The summed E-state index contributed by atoms with van der Waals surface area (Å²) in [6, 6.07) is 10.7. The number of hydrogen-bond donors (Lipinski definition) is 1. The third-order valence-electron chi connectivity index (χ3n) is 14.2. The van der Waals surface area contributed by atoms with Crippen molar-refractivity contribution in [3.8, 4) is 34.4 Å². The number of hydrogen-bond acceptors (Lipinski definition) is 9. The Morgan fingerprint density at radius 2 is 1.67 bits per heavy atom. The van der Waals surface area contributed by atoms with E-state index in [0.29, 0.717) is 82.5 Å². The SMILES string of the molecule is COCOc1cc(-c2ccc3c(N4CC5CCC(C4)N5CCO)nc(OC[C@@]45CCCN4C[C@H](F)C5)nc3c2F)c2c(C#C[Si](C(C)C)(C(C)C)C(C)C)c(F)ccc2c1. The van der Waals surface area contributed by atoms with E-state index in [1.54, 1.807) is 18.2 Å². The third kappa shape index (κ3) is 7.54. The summed E-state index contributed by atoms with van der Waals surface area (Å²) in [6.07, 6.45) is 3.23. The monoisotopic (exact) mass is 843 g/mol. The molecule has 0 saturated carbocycles. The number of ether oxygens (including phenoxy) is 3. The predicted molar refractivity (Wildman–Crippen MR) is 234 cm³/mol. The van der Waals surface area contributed by atoms with Crippen LogP contribution in [0.1, 0.15) is 79.2 Å². The number of aliphatic hydroxyl groups is 1. The lowest BCUT2D eigenvalue weighted by molar-refractivity contribution is 0.0512. The molecule has 4 fully saturated rings. The molecule has 1 aromatic heterocycles. The fraction of sp³-hybridized carbons (Fsp3) is 0.574. The van der Waals surface area contributed by atoms with Gasteiger partial charge in [-0.1, -0.05) is 59.6 Å². The van der Waals surface area contributed by atoms with Gasteiger partial charge in [0.25, 0.3) is 0 Å². The molecule has 4 atom stereocenters. The van der Waals surface area contributed by atoms with Crippen LogP contribution in [-0.4, -0.2) is 117 Å². The zero-order valence-electron chi connectivity index (χ0n) is 36.2. The highest BCUT2D eigenvalue weighted by atomic mass is 28.3. The highest BCUT2D eigenvalue weighted by Crippen LogP contribution is 2.45. The first-order valence-electron chi connectivity index (χ1n) is 21.9. The van der Waals surface area contributed by atoms with Gasteiger partial charge in [-0.05, 0) is 84.1 Å². The van der Waals surface area contributed by atoms with Crippen molar-refractivity contribution < 1.29 is 32.5 Å². The van der Waals surface area contributed by atoms with Crippen LogP contribution in [0.25, 0.3) is 32.8 Å². The van der Waals surface area contributed by atoms with Crippen LogP contribution in [0, 0.1) is 23.1 Å². The lowest BCUT2D eigenvalue weighted by Crippen LogP contribution is -2.54. The van der Waals surface area contributed by atoms with Crippen molar-refractivity contribution in [3.05, 3.63) is 53.6 Å². The van der Waals surface area contributed by atoms with E-state index < -0.39 is 31.4 Å². The summed E-state index contributed by atoms with van der Waals surface area (Å²) in [6.45, 7) is 16.7. The molecule has 1 N–H and O–H groups in total. The molecule has 9 nitrogen and oxygen atoms in total. The molecule has 3 aromatic carbocycles. The lowest BCUT2D eigenvalue weighted by atomic mass is 9.93. The van der Waals surface area contributed by atoms with Gasteiger partial charge < -0.3 is 24.2 Å². The van der Waals surface area contributed by atoms with Crippen LogP contribution >= 0.6 is 0 Å². The van der Waals surface area contributed by atoms with Crippen LogP contribution in [0.2, 0.25) is 16.6 Å². The number of benzene rings is 3. The van der Waals surface area contributed by atoms with Crippen LogP contribution in [0.15, 0.2) is 36.4 Å². The molecule has 4 aliphatic heterocycles. The van der Waals surface area contributed by atoms with Gasteiger partial charge in [-0.15, -0.1) is 5.54 Å². The Kier molecular flexibility index (Phi) is 12.2. The molecule has 0 spiro atoms. The lowest BCUT2D eigenvalue weighted by Gasteiger charge is -2.41. The van der Waals surface area contributed by atoms with Crippen LogP contribution in [0.4, 0.5) is 19.0 Å². The first kappa shape index (κ1) is 42.7. The van der Waals surface area contributed by atoms with Crippen molar-refractivity contribution >= 4 is 35.6 Å². The Morgan fingerprint density at radius 3 is 2.35 bits per heavy atom. The first-order chi connectivity index (χ1) is 28.8. The molecule has 5 heterocycles. The quantitative estimate of drug-likeness (QED) is 0.0807. The summed E-state index contributed by atoms with van der Waals surface area (Å²) < 4.78 is 66.5. The smallest absolute Gasteiger partial charge is 0.319 e. The zero-order valence-corrected chi connectivity index (χ0v) is 37.2. The Hall–Kier alpha value is -3.93. The minimum absolute atomic E-state index is 0.0306. The van der Waals surface area contributed by atoms with E-state index >= 15 is 8.78 Å². The molecule has 8 rings (SSSR count). The standard InChI is InChI=1S/C47H60F3N5O4Si/c1-29(2)60(30(3)4,31(5)6)20-15-38-41(49)14-9-32-21-36(59-28-57-7)22-40(42(32)38)37-12-13-39-44(43(37)50)51-46(58-27-47-16-8-17-54(47)24-33(48)23-47)52-45(39)53-25-34-10-11-35(26-53)55(34)18-19-56/h9,12-14,21-22,29-31,33-35,56H,8,10-11,16-19,23-28H2,1-7H3/t33-,34?,35?,47+/m1/s1. The van der Waals surface area contributed by atoms with Gasteiger partial charge in [0, 0.05) is 68.1 Å². The summed E-state index contributed by atoms with van der Waals surface area (Å²) >= 11 is 0. The Bertz CT molecular complexity index is 2260. The topological polar surface area (TPSA) is 83.4 Å². The molecule has 2 bridgehead atoms. The average molecular weight is 844 g/mol. The van der Waals surface area contributed by atoms with Gasteiger partial charge in [0.15, 0.2) is 12.6 Å². The van der Waals surface area contributed by atoms with E-state index in [4.69, 9.17) is 24.2 Å². The second kappa shape index (κ2) is 17.1. The minimum atomic E-state index is -2.29. The summed E-state index contributed by atoms with van der Waals surface area (Å²) in [5, 5.41) is 11.5. The molecule has 4 aromatic rings. The number of halogens is 3. The summed E-state index contributed by atoms with van der Waals surface area (Å²) in [4.78, 5) is 16.5. The largest absolute Gasteiger partial charge is 0.468 e. The van der Waals surface area contributed by atoms with Crippen molar-refractivity contribution in [2.24, 2.45) is 0 Å². The van der Waals surface area contributed by atoms with Crippen molar-refractivity contribution in [1.29, 1.82) is 0 Å². The molecule has 4 saturated heterocycles. The number of rotatable bonds is 13. The maximum absolute atomic E-state index is 17.8. The number of aromatic nitrogens is 2. The predicted octanol–water partition coefficient (Wildman–Crippen LogP) is 8.88. The molecular weight excluding hydrogens is 784 g/mol. The molecule has 0 amide bonds. The van der Waals surface area contributed by atoms with Gasteiger partial charge in [-0.2, -0.15) is 9.97 Å². The van der Waals surface area contributed by atoms with E-state index in [2.05, 4.69) is 67.7 Å². The highest BCUT2D eigenvalue weighted by Gasteiger charge is 2.50. The second-order valence-electron chi connectivity index (χ2n) is 18.5. The van der Waals surface area contributed by atoms with Gasteiger partial charge in [0.2, 0.25) is 0 Å². The van der Waals surface area contributed by atoms with E-state index in [-0.39, 0.29) is 54.7 Å². The fourth-order valence-corrected chi connectivity index (χ4v) is 16.7. The molecule has 4 aliphatic rings. The van der Waals surface area contributed by atoms with Gasteiger partial charge in [0.1, 0.15) is 43.8 Å². The normalized spacial score (nSPS) is 23.4. The van der Waals surface area contributed by atoms with Gasteiger partial charge in [0.05, 0.1) is 17.7 Å². The van der Waals surface area contributed by atoms with Crippen LogP contribution < -0.4 is 14.4 Å². The second-order valence-corrected chi connectivity index (χ2v) is 24.0. The molecule has 60 heavy (non-hydrogen) atoms.